The number of hydrogen-bond acceptors (Lipinski definition) is 4. The zero-order chi connectivity index (χ0) is 42.7. The van der Waals surface area contributed by atoms with E-state index in [0.717, 1.165) is 84.4 Å². The summed E-state index contributed by atoms with van der Waals surface area (Å²) in [5, 5.41) is 0. The summed E-state index contributed by atoms with van der Waals surface area (Å²) in [5.41, 5.74) is 17.7. The van der Waals surface area contributed by atoms with Crippen molar-refractivity contribution in [3.05, 3.63) is 249 Å². The molecule has 0 atom stereocenters. The standard InChI is InChI=1S/C59H41N5/c1-5-16-42(17-6-1)43-27-31-47(32-28-43)55-41-54(46-18-7-2-8-19-46)60-59(61-55)49-33-29-44(30-34-49)45-35-37-52(38-36-45)64(51-23-11-4-12-24-51)53-25-15-22-50(40-53)57-58(48-20-9-3-10-21-48)63-39-14-13-26-56(63)62-57/h1-41H. The van der Waals surface area contributed by atoms with E-state index in [1.54, 1.807) is 0 Å². The highest BCUT2D eigenvalue weighted by molar-refractivity contribution is 5.86. The summed E-state index contributed by atoms with van der Waals surface area (Å²) in [6.07, 6.45) is 2.09. The van der Waals surface area contributed by atoms with Gasteiger partial charge in [0, 0.05) is 51.1 Å². The highest BCUT2D eigenvalue weighted by Crippen LogP contribution is 2.40. The first-order chi connectivity index (χ1) is 31.7. The number of benzene rings is 8. The summed E-state index contributed by atoms with van der Waals surface area (Å²) in [6.45, 7) is 0. The van der Waals surface area contributed by atoms with Crippen LogP contribution in [0.3, 0.4) is 0 Å². The molecule has 302 valence electrons. The zero-order valence-electron chi connectivity index (χ0n) is 34.9. The Morgan fingerprint density at radius 2 is 0.734 bits per heavy atom. The molecule has 0 radical (unpaired) electrons. The normalized spacial score (nSPS) is 11.1. The van der Waals surface area contributed by atoms with Crippen LogP contribution < -0.4 is 4.90 Å². The summed E-state index contributed by atoms with van der Waals surface area (Å²) < 4.78 is 2.18. The minimum absolute atomic E-state index is 0.686. The average Bonchev–Trinajstić information content (AvgIpc) is 3.78. The molecule has 3 heterocycles. The number of imidazole rings is 1. The Balaban J connectivity index is 0.912. The predicted molar refractivity (Wildman–Crippen MR) is 264 cm³/mol. The van der Waals surface area contributed by atoms with Crippen LogP contribution in [0.1, 0.15) is 0 Å². The SMILES string of the molecule is c1ccc(-c2ccc(-c3cc(-c4ccccc4)nc(-c4ccc(-c5ccc(N(c6ccccc6)c6cccc(-c7nc8ccccn8c7-c7ccccc7)c6)cc5)cc4)n3)cc2)cc1. The van der Waals surface area contributed by atoms with Crippen LogP contribution in [0.2, 0.25) is 0 Å². The molecule has 64 heavy (non-hydrogen) atoms. The Bertz CT molecular complexity index is 3330. The summed E-state index contributed by atoms with van der Waals surface area (Å²) in [6, 6.07) is 84.7. The van der Waals surface area contributed by atoms with Gasteiger partial charge >= 0.3 is 0 Å². The lowest BCUT2D eigenvalue weighted by Crippen LogP contribution is -2.09. The van der Waals surface area contributed by atoms with Crippen molar-refractivity contribution >= 4 is 22.7 Å². The quantitative estimate of drug-likeness (QED) is 0.138. The minimum Gasteiger partial charge on any atom is -0.310 e. The molecule has 11 aromatic rings. The lowest BCUT2D eigenvalue weighted by atomic mass is 10.0. The van der Waals surface area contributed by atoms with Crippen LogP contribution in [0.15, 0.2) is 249 Å². The van der Waals surface area contributed by atoms with E-state index in [4.69, 9.17) is 15.0 Å². The Morgan fingerprint density at radius 3 is 1.36 bits per heavy atom. The van der Waals surface area contributed by atoms with Gasteiger partial charge in [0.1, 0.15) is 5.65 Å². The van der Waals surface area contributed by atoms with Crippen molar-refractivity contribution in [2.75, 3.05) is 4.90 Å². The second-order valence-electron chi connectivity index (χ2n) is 15.7. The van der Waals surface area contributed by atoms with Crippen molar-refractivity contribution in [2.45, 2.75) is 0 Å². The fourth-order valence-electron chi connectivity index (χ4n) is 8.45. The third-order valence-electron chi connectivity index (χ3n) is 11.7. The van der Waals surface area contributed by atoms with Gasteiger partial charge in [0.15, 0.2) is 5.82 Å². The molecule has 0 N–H and O–H groups in total. The first kappa shape index (κ1) is 38.3. The molecule has 11 rings (SSSR count). The number of fused-ring (bicyclic) bond motifs is 1. The summed E-state index contributed by atoms with van der Waals surface area (Å²) in [4.78, 5) is 17.7. The molecular formula is C59H41N5. The smallest absolute Gasteiger partial charge is 0.160 e. The van der Waals surface area contributed by atoms with Gasteiger partial charge in [0.25, 0.3) is 0 Å². The predicted octanol–water partition coefficient (Wildman–Crippen LogP) is 15.3. The number of hydrogen-bond donors (Lipinski definition) is 0. The fraction of sp³-hybridized carbons (Fsp3) is 0. The lowest BCUT2D eigenvalue weighted by molar-refractivity contribution is 1.18. The largest absolute Gasteiger partial charge is 0.310 e. The van der Waals surface area contributed by atoms with E-state index >= 15 is 0 Å². The van der Waals surface area contributed by atoms with Crippen molar-refractivity contribution in [3.8, 4) is 78.7 Å². The molecular weight excluding hydrogens is 779 g/mol. The highest BCUT2D eigenvalue weighted by Gasteiger charge is 2.19. The van der Waals surface area contributed by atoms with Crippen molar-refractivity contribution in [2.24, 2.45) is 0 Å². The zero-order valence-corrected chi connectivity index (χ0v) is 34.9. The van der Waals surface area contributed by atoms with Gasteiger partial charge in [-0.15, -0.1) is 0 Å². The summed E-state index contributed by atoms with van der Waals surface area (Å²) >= 11 is 0. The van der Waals surface area contributed by atoms with E-state index in [2.05, 4.69) is 228 Å². The van der Waals surface area contributed by atoms with Crippen molar-refractivity contribution in [1.29, 1.82) is 0 Å². The molecule has 0 saturated carbocycles. The van der Waals surface area contributed by atoms with Crippen molar-refractivity contribution in [1.82, 2.24) is 19.4 Å². The molecule has 0 saturated heterocycles. The first-order valence-corrected chi connectivity index (χ1v) is 21.5. The molecule has 3 aromatic heterocycles. The monoisotopic (exact) mass is 819 g/mol. The van der Waals surface area contributed by atoms with E-state index in [9.17, 15) is 0 Å². The maximum absolute atomic E-state index is 5.16. The number of aromatic nitrogens is 4. The summed E-state index contributed by atoms with van der Waals surface area (Å²) in [7, 11) is 0. The topological polar surface area (TPSA) is 46.3 Å². The van der Waals surface area contributed by atoms with Crippen LogP contribution in [0.4, 0.5) is 17.1 Å². The second-order valence-corrected chi connectivity index (χ2v) is 15.7. The third-order valence-corrected chi connectivity index (χ3v) is 11.7. The molecule has 0 aliphatic rings. The van der Waals surface area contributed by atoms with Crippen LogP contribution >= 0.6 is 0 Å². The first-order valence-electron chi connectivity index (χ1n) is 21.5. The fourth-order valence-corrected chi connectivity index (χ4v) is 8.45. The van der Waals surface area contributed by atoms with Crippen LogP contribution in [0.5, 0.6) is 0 Å². The molecule has 0 aliphatic heterocycles. The molecule has 0 spiro atoms. The van der Waals surface area contributed by atoms with Gasteiger partial charge < -0.3 is 4.90 Å². The van der Waals surface area contributed by atoms with Gasteiger partial charge in [-0.2, -0.15) is 0 Å². The maximum Gasteiger partial charge on any atom is 0.160 e. The van der Waals surface area contributed by atoms with Crippen molar-refractivity contribution in [3.63, 3.8) is 0 Å². The average molecular weight is 820 g/mol. The van der Waals surface area contributed by atoms with Gasteiger partial charge in [0.05, 0.1) is 22.8 Å². The Labute approximate surface area is 372 Å². The maximum atomic E-state index is 5.16. The number of para-hydroxylation sites is 1. The van der Waals surface area contributed by atoms with Gasteiger partial charge in [-0.3, -0.25) is 4.40 Å². The summed E-state index contributed by atoms with van der Waals surface area (Å²) in [5.74, 6) is 0.686. The lowest BCUT2D eigenvalue weighted by Gasteiger charge is -2.26. The van der Waals surface area contributed by atoms with Crippen LogP contribution in [0.25, 0.3) is 84.3 Å². The van der Waals surface area contributed by atoms with Gasteiger partial charge in [-0.05, 0) is 76.9 Å². The van der Waals surface area contributed by atoms with E-state index in [-0.39, 0.29) is 0 Å². The van der Waals surface area contributed by atoms with Gasteiger partial charge in [-0.1, -0.05) is 188 Å². The van der Waals surface area contributed by atoms with Crippen molar-refractivity contribution < 1.29 is 0 Å². The van der Waals surface area contributed by atoms with E-state index in [0.29, 0.717) is 5.82 Å². The van der Waals surface area contributed by atoms with Crippen LogP contribution in [0, 0.1) is 0 Å². The van der Waals surface area contributed by atoms with E-state index < -0.39 is 0 Å². The number of nitrogens with zero attached hydrogens (tertiary/aromatic N) is 5. The minimum atomic E-state index is 0.686. The number of pyridine rings is 1. The molecule has 8 aromatic carbocycles. The molecule has 0 aliphatic carbocycles. The Kier molecular flexibility index (Phi) is 10.2. The molecule has 0 bridgehead atoms. The molecule has 0 unspecified atom stereocenters. The highest BCUT2D eigenvalue weighted by atomic mass is 15.1. The van der Waals surface area contributed by atoms with Crippen LogP contribution in [-0.2, 0) is 0 Å². The van der Waals surface area contributed by atoms with Gasteiger partial charge in [-0.25, -0.2) is 15.0 Å². The molecule has 0 fully saturated rings. The van der Waals surface area contributed by atoms with E-state index in [1.165, 1.54) is 11.1 Å². The third kappa shape index (κ3) is 7.63. The van der Waals surface area contributed by atoms with Gasteiger partial charge in [0.2, 0.25) is 0 Å². The van der Waals surface area contributed by atoms with E-state index in [1.807, 2.05) is 30.3 Å². The molecule has 0 amide bonds. The Morgan fingerprint density at radius 1 is 0.297 bits per heavy atom. The molecule has 5 heteroatoms. The number of rotatable bonds is 10. The Hall–Kier alpha value is -8.67. The molecule has 5 nitrogen and oxygen atoms in total. The number of anilines is 3. The van der Waals surface area contributed by atoms with Crippen LogP contribution in [-0.4, -0.2) is 19.4 Å². The second kappa shape index (κ2) is 17.0.